The van der Waals surface area contributed by atoms with E-state index in [2.05, 4.69) is 61.5 Å². The van der Waals surface area contributed by atoms with E-state index in [4.69, 9.17) is 5.73 Å². The van der Waals surface area contributed by atoms with Gasteiger partial charge < -0.3 is 10.7 Å². The van der Waals surface area contributed by atoms with Crippen molar-refractivity contribution < 1.29 is 4.79 Å². The van der Waals surface area contributed by atoms with Crippen LogP contribution >= 0.6 is 0 Å². The van der Waals surface area contributed by atoms with E-state index in [1.54, 1.807) is 0 Å². The highest BCUT2D eigenvalue weighted by Crippen LogP contribution is 2.26. The number of carbonyl (C=O) groups excluding carboxylic acids is 1. The molecule has 2 heterocycles. The number of benzene rings is 3. The molecule has 5 aromatic rings. The van der Waals surface area contributed by atoms with Crippen LogP contribution in [0.25, 0.3) is 16.6 Å². The zero-order valence-electron chi connectivity index (χ0n) is 19.4. The van der Waals surface area contributed by atoms with Crippen molar-refractivity contribution in [3.8, 4) is 5.69 Å². The molecule has 0 aliphatic heterocycles. The molecule has 0 aliphatic carbocycles. The minimum atomic E-state index is -0.413. The van der Waals surface area contributed by atoms with Gasteiger partial charge in [0.15, 0.2) is 5.82 Å². The minimum absolute atomic E-state index is 0.0496. The van der Waals surface area contributed by atoms with Gasteiger partial charge in [-0.3, -0.25) is 14.7 Å². The Morgan fingerprint density at radius 1 is 0.914 bits per heavy atom. The lowest BCUT2D eigenvalue weighted by Gasteiger charge is -2.19. The molecule has 0 fully saturated rings. The number of hydrogen-bond donors (Lipinski definition) is 3. The van der Waals surface area contributed by atoms with Gasteiger partial charge >= 0.3 is 0 Å². The third kappa shape index (κ3) is 5.15. The summed E-state index contributed by atoms with van der Waals surface area (Å²) in [4.78, 5) is 15.0. The maximum Gasteiger partial charge on any atom is 0.231 e. The average Bonchev–Trinajstić information content (AvgIpc) is 3.50. The van der Waals surface area contributed by atoms with E-state index in [0.29, 0.717) is 6.42 Å². The zero-order chi connectivity index (χ0) is 24.0. The van der Waals surface area contributed by atoms with E-state index in [-0.39, 0.29) is 12.6 Å². The molecule has 0 saturated carbocycles. The molecule has 4 N–H and O–H groups in total. The van der Waals surface area contributed by atoms with E-state index >= 15 is 0 Å². The topological polar surface area (TPSA) is 102 Å². The summed E-state index contributed by atoms with van der Waals surface area (Å²) in [7, 11) is 0. The minimum Gasteiger partial charge on any atom is -0.369 e. The molecule has 1 atom stereocenters. The standard InChI is InChI=1S/C28H28N6O/c29-26(35)19-31-25(17-21-18-30-24-14-8-7-13-23(21)24)28-33-32-27(16-15-20-9-3-1-4-10-20)34(28)22-11-5-2-6-12-22/h1-14,18,25,30-31H,15-17,19H2,(H2,29,35)/t25-/m1/s1. The van der Waals surface area contributed by atoms with Crippen LogP contribution in [0.15, 0.2) is 91.1 Å². The number of para-hydroxylation sites is 2. The molecular weight excluding hydrogens is 436 g/mol. The summed E-state index contributed by atoms with van der Waals surface area (Å²) in [6.07, 6.45) is 4.24. The highest BCUT2D eigenvalue weighted by molar-refractivity contribution is 5.83. The lowest BCUT2D eigenvalue weighted by atomic mass is 10.0. The summed E-state index contributed by atoms with van der Waals surface area (Å²) in [5.41, 5.74) is 9.94. The predicted octanol–water partition coefficient (Wildman–Crippen LogP) is 3.89. The highest BCUT2D eigenvalue weighted by atomic mass is 16.1. The van der Waals surface area contributed by atoms with E-state index in [1.807, 2.05) is 54.7 Å². The molecule has 1 amide bonds. The summed E-state index contributed by atoms with van der Waals surface area (Å²) in [5.74, 6) is 1.22. The molecule has 5 rings (SSSR count). The van der Waals surface area contributed by atoms with Crippen LogP contribution in [0.5, 0.6) is 0 Å². The van der Waals surface area contributed by atoms with Gasteiger partial charge in [0.2, 0.25) is 5.91 Å². The number of nitrogens with one attached hydrogen (secondary N) is 2. The fourth-order valence-corrected chi connectivity index (χ4v) is 4.48. The number of hydrogen-bond acceptors (Lipinski definition) is 4. The predicted molar refractivity (Wildman–Crippen MR) is 137 cm³/mol. The van der Waals surface area contributed by atoms with E-state index < -0.39 is 5.91 Å². The van der Waals surface area contributed by atoms with Gasteiger partial charge in [-0.15, -0.1) is 10.2 Å². The number of amides is 1. The molecule has 0 radical (unpaired) electrons. The number of nitrogens with two attached hydrogens (primary N) is 1. The number of H-pyrrole nitrogens is 1. The summed E-state index contributed by atoms with van der Waals surface area (Å²) in [5, 5.41) is 13.7. The Morgan fingerprint density at radius 3 is 2.40 bits per heavy atom. The van der Waals surface area contributed by atoms with Crippen LogP contribution in [-0.2, 0) is 24.1 Å². The molecule has 3 aromatic carbocycles. The summed E-state index contributed by atoms with van der Waals surface area (Å²) in [6.45, 7) is 0.0496. The van der Waals surface area contributed by atoms with Crippen LogP contribution in [0.4, 0.5) is 0 Å². The lowest BCUT2D eigenvalue weighted by molar-refractivity contribution is -0.117. The molecule has 7 heteroatoms. The van der Waals surface area contributed by atoms with Gasteiger partial charge in [0.1, 0.15) is 5.82 Å². The van der Waals surface area contributed by atoms with Crippen molar-refractivity contribution in [2.24, 2.45) is 5.73 Å². The van der Waals surface area contributed by atoms with Gasteiger partial charge in [-0.05, 0) is 42.2 Å². The Labute approximate surface area is 204 Å². The molecule has 7 nitrogen and oxygen atoms in total. The number of nitrogens with zero attached hydrogens (tertiary/aromatic N) is 3. The van der Waals surface area contributed by atoms with Crippen molar-refractivity contribution in [2.75, 3.05) is 6.54 Å². The monoisotopic (exact) mass is 464 g/mol. The molecule has 0 unspecified atom stereocenters. The zero-order valence-corrected chi connectivity index (χ0v) is 19.4. The summed E-state index contributed by atoms with van der Waals surface area (Å²) >= 11 is 0. The molecule has 0 spiro atoms. The first-order chi connectivity index (χ1) is 17.2. The van der Waals surface area contributed by atoms with Crippen molar-refractivity contribution in [1.82, 2.24) is 25.1 Å². The SMILES string of the molecule is NC(=O)CN[C@H](Cc1c[nH]c2ccccc12)c1nnc(CCc2ccccc2)n1-c1ccccc1. The third-order valence-corrected chi connectivity index (χ3v) is 6.18. The van der Waals surface area contributed by atoms with Crippen LogP contribution in [0.3, 0.4) is 0 Å². The molecule has 0 bridgehead atoms. The lowest BCUT2D eigenvalue weighted by Crippen LogP contribution is -2.34. The van der Waals surface area contributed by atoms with Gasteiger partial charge in [-0.2, -0.15) is 0 Å². The van der Waals surface area contributed by atoms with Crippen LogP contribution in [0.2, 0.25) is 0 Å². The Hall–Kier alpha value is -4.23. The molecule has 0 saturated heterocycles. The molecule has 176 valence electrons. The Bertz CT molecular complexity index is 1410. The molecule has 0 aliphatic rings. The van der Waals surface area contributed by atoms with Crippen LogP contribution < -0.4 is 11.1 Å². The fourth-order valence-electron chi connectivity index (χ4n) is 4.48. The highest BCUT2D eigenvalue weighted by Gasteiger charge is 2.24. The number of aryl methyl sites for hydroxylation is 2. The van der Waals surface area contributed by atoms with Crippen LogP contribution in [0.1, 0.15) is 28.8 Å². The van der Waals surface area contributed by atoms with Crippen molar-refractivity contribution in [1.29, 1.82) is 0 Å². The number of fused-ring (bicyclic) bond motifs is 1. The summed E-state index contributed by atoms with van der Waals surface area (Å²) in [6, 6.07) is 28.4. The third-order valence-electron chi connectivity index (χ3n) is 6.18. The van der Waals surface area contributed by atoms with E-state index in [1.165, 1.54) is 5.56 Å². The van der Waals surface area contributed by atoms with Crippen molar-refractivity contribution in [3.05, 3.63) is 114 Å². The number of carbonyl (C=O) groups is 1. The largest absolute Gasteiger partial charge is 0.369 e. The first-order valence-electron chi connectivity index (χ1n) is 11.8. The van der Waals surface area contributed by atoms with E-state index in [9.17, 15) is 4.79 Å². The van der Waals surface area contributed by atoms with Crippen molar-refractivity contribution >= 4 is 16.8 Å². The van der Waals surface area contributed by atoms with Gasteiger partial charge in [-0.25, -0.2) is 0 Å². The molecule has 35 heavy (non-hydrogen) atoms. The number of aromatic amines is 1. The quantitative estimate of drug-likeness (QED) is 0.292. The fraction of sp³-hybridized carbons (Fsp3) is 0.179. The number of aromatic nitrogens is 4. The Balaban J connectivity index is 1.52. The van der Waals surface area contributed by atoms with Gasteiger partial charge in [0.05, 0.1) is 12.6 Å². The second-order valence-corrected chi connectivity index (χ2v) is 8.59. The maximum absolute atomic E-state index is 11.7. The number of rotatable bonds is 10. The first kappa shape index (κ1) is 22.6. The van der Waals surface area contributed by atoms with Crippen molar-refractivity contribution in [2.45, 2.75) is 25.3 Å². The van der Waals surface area contributed by atoms with Gasteiger partial charge in [0, 0.05) is 29.2 Å². The first-order valence-corrected chi connectivity index (χ1v) is 11.8. The Kier molecular flexibility index (Phi) is 6.68. The summed E-state index contributed by atoms with van der Waals surface area (Å²) < 4.78 is 2.11. The average molecular weight is 465 g/mol. The van der Waals surface area contributed by atoms with Gasteiger partial charge in [0.25, 0.3) is 0 Å². The second kappa shape index (κ2) is 10.4. The Morgan fingerprint density at radius 2 is 1.63 bits per heavy atom. The normalized spacial score (nSPS) is 12.1. The maximum atomic E-state index is 11.7. The van der Waals surface area contributed by atoms with Crippen LogP contribution in [-0.4, -0.2) is 32.2 Å². The van der Waals surface area contributed by atoms with E-state index in [0.717, 1.165) is 46.6 Å². The smallest absolute Gasteiger partial charge is 0.231 e. The van der Waals surface area contributed by atoms with Crippen molar-refractivity contribution in [3.63, 3.8) is 0 Å². The molecular formula is C28H28N6O. The molecule has 2 aromatic heterocycles. The van der Waals surface area contributed by atoms with Crippen LogP contribution in [0, 0.1) is 0 Å². The second-order valence-electron chi connectivity index (χ2n) is 8.59. The van der Waals surface area contributed by atoms with Gasteiger partial charge in [-0.1, -0.05) is 66.7 Å². The number of primary amides is 1.